The van der Waals surface area contributed by atoms with Crippen molar-refractivity contribution in [3.8, 4) is 0 Å². The fourth-order valence-electron chi connectivity index (χ4n) is 2.75. The van der Waals surface area contributed by atoms with Crippen molar-refractivity contribution in [2.45, 2.75) is 64.1 Å². The molecule has 0 bridgehead atoms. The monoisotopic (exact) mass is 228 g/mol. The maximum atomic E-state index is 9.80. The summed E-state index contributed by atoms with van der Waals surface area (Å²) in [6.45, 7) is 7.78. The average Bonchev–Trinajstić information content (AvgIpc) is 2.16. The van der Waals surface area contributed by atoms with Gasteiger partial charge in [0.05, 0.1) is 5.60 Å². The predicted molar refractivity (Wildman–Crippen MR) is 68.6 cm³/mol. The number of aliphatic hydroxyl groups is 1. The maximum Gasteiger partial charge on any atom is 0.0718 e. The molecule has 16 heavy (non-hydrogen) atoms. The molecular weight excluding hydrogens is 200 g/mol. The number of hydrogen-bond donors (Lipinski definition) is 2. The van der Waals surface area contributed by atoms with E-state index in [9.17, 15) is 5.11 Å². The lowest BCUT2D eigenvalue weighted by atomic mass is 9.90. The smallest absolute Gasteiger partial charge is 0.0718 e. The third-order valence-corrected chi connectivity index (χ3v) is 3.45. The number of hydrogen-bond acceptors (Lipinski definition) is 3. The van der Waals surface area contributed by atoms with Crippen LogP contribution in [0.1, 0.15) is 46.5 Å². The Bertz CT molecular complexity index is 193. The molecule has 0 amide bonds. The molecule has 3 heteroatoms. The number of nitrogens with zero attached hydrogens (tertiary/aromatic N) is 1. The highest BCUT2D eigenvalue weighted by Gasteiger charge is 2.26. The first-order chi connectivity index (χ1) is 7.42. The third kappa shape index (κ3) is 4.81. The minimum Gasteiger partial charge on any atom is -0.389 e. The van der Waals surface area contributed by atoms with Gasteiger partial charge < -0.3 is 15.3 Å². The van der Waals surface area contributed by atoms with Crippen molar-refractivity contribution in [3.63, 3.8) is 0 Å². The molecule has 0 aliphatic heterocycles. The zero-order valence-electron chi connectivity index (χ0n) is 11.3. The van der Waals surface area contributed by atoms with Crippen molar-refractivity contribution in [3.05, 3.63) is 0 Å². The Morgan fingerprint density at radius 2 is 1.81 bits per heavy atom. The molecular formula is C13H28N2O. The summed E-state index contributed by atoms with van der Waals surface area (Å²) in [5.41, 5.74) is -0.576. The van der Waals surface area contributed by atoms with Crippen LogP contribution >= 0.6 is 0 Å². The lowest BCUT2D eigenvalue weighted by Crippen LogP contribution is -2.45. The van der Waals surface area contributed by atoms with Gasteiger partial charge in [-0.05, 0) is 53.1 Å². The molecule has 0 unspecified atom stereocenters. The van der Waals surface area contributed by atoms with Crippen LogP contribution in [0.3, 0.4) is 0 Å². The van der Waals surface area contributed by atoms with Gasteiger partial charge in [-0.25, -0.2) is 0 Å². The quantitative estimate of drug-likeness (QED) is 0.750. The summed E-state index contributed by atoms with van der Waals surface area (Å²) in [5.74, 6) is 0. The zero-order chi connectivity index (χ0) is 12.2. The third-order valence-electron chi connectivity index (χ3n) is 3.45. The fraction of sp³-hybridized carbons (Fsp3) is 1.00. The van der Waals surface area contributed by atoms with Crippen LogP contribution in [0.4, 0.5) is 0 Å². The predicted octanol–water partition coefficient (Wildman–Crippen LogP) is 1.61. The van der Waals surface area contributed by atoms with E-state index in [4.69, 9.17) is 0 Å². The Labute approximate surface area is 100 Å². The lowest BCUT2D eigenvalue weighted by Gasteiger charge is -2.37. The van der Waals surface area contributed by atoms with E-state index < -0.39 is 5.60 Å². The second kappa shape index (κ2) is 5.99. The van der Waals surface area contributed by atoms with E-state index in [0.29, 0.717) is 6.04 Å². The molecule has 0 radical (unpaired) electrons. The second-order valence-corrected chi connectivity index (χ2v) is 5.79. The molecule has 1 saturated carbocycles. The summed E-state index contributed by atoms with van der Waals surface area (Å²) < 4.78 is 0. The molecule has 0 aromatic heterocycles. The topological polar surface area (TPSA) is 35.5 Å². The molecule has 0 aromatic carbocycles. The number of likely N-dealkylation sites (N-methyl/N-ethyl adjacent to an activating group) is 1. The van der Waals surface area contributed by atoms with Crippen molar-refractivity contribution in [2.24, 2.45) is 0 Å². The van der Waals surface area contributed by atoms with E-state index in [0.717, 1.165) is 19.1 Å². The highest BCUT2D eigenvalue weighted by Crippen LogP contribution is 2.23. The van der Waals surface area contributed by atoms with Gasteiger partial charge in [-0.2, -0.15) is 0 Å². The SMILES string of the molecule is CCNC1CCC(N(C)CC(C)(C)O)CC1. The fourth-order valence-corrected chi connectivity index (χ4v) is 2.75. The van der Waals surface area contributed by atoms with Crippen LogP contribution in [0.15, 0.2) is 0 Å². The van der Waals surface area contributed by atoms with E-state index in [2.05, 4.69) is 24.2 Å². The van der Waals surface area contributed by atoms with Gasteiger partial charge in [0.2, 0.25) is 0 Å². The van der Waals surface area contributed by atoms with Gasteiger partial charge in [0.1, 0.15) is 0 Å². The van der Waals surface area contributed by atoms with Gasteiger partial charge in [-0.1, -0.05) is 6.92 Å². The Balaban J connectivity index is 2.30. The van der Waals surface area contributed by atoms with Crippen LogP contribution in [0.25, 0.3) is 0 Å². The normalized spacial score (nSPS) is 27.4. The molecule has 0 aromatic rings. The molecule has 0 heterocycles. The number of nitrogens with one attached hydrogen (secondary N) is 1. The van der Waals surface area contributed by atoms with Gasteiger partial charge in [-0.15, -0.1) is 0 Å². The van der Waals surface area contributed by atoms with Crippen molar-refractivity contribution < 1.29 is 5.11 Å². The minimum atomic E-state index is -0.576. The van der Waals surface area contributed by atoms with E-state index in [1.54, 1.807) is 0 Å². The van der Waals surface area contributed by atoms with Gasteiger partial charge in [-0.3, -0.25) is 0 Å². The summed E-state index contributed by atoms with van der Waals surface area (Å²) in [4.78, 5) is 2.32. The van der Waals surface area contributed by atoms with E-state index in [-0.39, 0.29) is 0 Å². The first-order valence-electron chi connectivity index (χ1n) is 6.58. The van der Waals surface area contributed by atoms with E-state index in [1.165, 1.54) is 25.7 Å². The molecule has 1 fully saturated rings. The zero-order valence-corrected chi connectivity index (χ0v) is 11.3. The van der Waals surface area contributed by atoms with Crippen molar-refractivity contribution in [2.75, 3.05) is 20.1 Å². The summed E-state index contributed by atoms with van der Waals surface area (Å²) in [5, 5.41) is 13.3. The maximum absolute atomic E-state index is 9.80. The van der Waals surface area contributed by atoms with Crippen LogP contribution < -0.4 is 5.32 Å². The van der Waals surface area contributed by atoms with Gasteiger partial charge >= 0.3 is 0 Å². The average molecular weight is 228 g/mol. The minimum absolute atomic E-state index is 0.576. The molecule has 1 aliphatic carbocycles. The standard InChI is InChI=1S/C13H28N2O/c1-5-14-11-6-8-12(9-7-11)15(4)10-13(2,3)16/h11-12,14,16H,5-10H2,1-4H3. The molecule has 1 rings (SSSR count). The van der Waals surface area contributed by atoms with Crippen molar-refractivity contribution >= 4 is 0 Å². The molecule has 0 spiro atoms. The summed E-state index contributed by atoms with van der Waals surface area (Å²) in [6, 6.07) is 1.37. The van der Waals surface area contributed by atoms with Crippen LogP contribution in [0.5, 0.6) is 0 Å². The molecule has 2 N–H and O–H groups in total. The van der Waals surface area contributed by atoms with Crippen LogP contribution in [-0.2, 0) is 0 Å². The Morgan fingerprint density at radius 1 is 1.25 bits per heavy atom. The first kappa shape index (κ1) is 13.9. The van der Waals surface area contributed by atoms with E-state index >= 15 is 0 Å². The Morgan fingerprint density at radius 3 is 2.25 bits per heavy atom. The second-order valence-electron chi connectivity index (χ2n) is 5.79. The van der Waals surface area contributed by atoms with Crippen molar-refractivity contribution in [1.29, 1.82) is 0 Å². The van der Waals surface area contributed by atoms with E-state index in [1.807, 2.05) is 13.8 Å². The largest absolute Gasteiger partial charge is 0.389 e. The van der Waals surface area contributed by atoms with Gasteiger partial charge in [0, 0.05) is 18.6 Å². The summed E-state index contributed by atoms with van der Waals surface area (Å²) in [7, 11) is 2.14. The van der Waals surface area contributed by atoms with Crippen molar-refractivity contribution in [1.82, 2.24) is 10.2 Å². The van der Waals surface area contributed by atoms with Crippen LogP contribution in [0, 0.1) is 0 Å². The molecule has 3 nitrogen and oxygen atoms in total. The molecule has 0 saturated heterocycles. The highest BCUT2D eigenvalue weighted by atomic mass is 16.3. The lowest BCUT2D eigenvalue weighted by molar-refractivity contribution is 0.0238. The molecule has 1 aliphatic rings. The van der Waals surface area contributed by atoms with Gasteiger partial charge in [0.25, 0.3) is 0 Å². The molecule has 0 atom stereocenters. The molecule has 96 valence electrons. The number of rotatable bonds is 5. The van der Waals surface area contributed by atoms with Gasteiger partial charge in [0.15, 0.2) is 0 Å². The summed E-state index contributed by atoms with van der Waals surface area (Å²) in [6.07, 6.45) is 5.05. The first-order valence-corrected chi connectivity index (χ1v) is 6.58. The van der Waals surface area contributed by atoms with Crippen LogP contribution in [0.2, 0.25) is 0 Å². The summed E-state index contributed by atoms with van der Waals surface area (Å²) >= 11 is 0. The van der Waals surface area contributed by atoms with Crippen LogP contribution in [-0.4, -0.2) is 47.8 Å². The Kier molecular flexibility index (Phi) is 5.22. The highest BCUT2D eigenvalue weighted by molar-refractivity contribution is 4.83. The Hall–Kier alpha value is -0.120.